The zero-order valence-electron chi connectivity index (χ0n) is 10.8. The molecule has 0 N–H and O–H groups in total. The van der Waals surface area contributed by atoms with E-state index >= 15 is 0 Å². The minimum atomic E-state index is 0.0694. The summed E-state index contributed by atoms with van der Waals surface area (Å²) >= 11 is 1.48. The molecule has 0 radical (unpaired) electrons. The Labute approximate surface area is 111 Å². The van der Waals surface area contributed by atoms with Crippen molar-refractivity contribution in [3.05, 3.63) is 29.3 Å². The number of benzene rings is 1. The zero-order valence-corrected chi connectivity index (χ0v) is 11.7. The molecule has 1 aromatic heterocycles. The highest BCUT2D eigenvalue weighted by atomic mass is 32.1. The SMILES string of the molecule is CCCN(CCC)C(=O)c1nc2ccccc2s1. The molecule has 96 valence electrons. The van der Waals surface area contributed by atoms with Gasteiger partial charge in [-0.05, 0) is 25.0 Å². The van der Waals surface area contributed by atoms with Crippen LogP contribution in [0.15, 0.2) is 24.3 Å². The van der Waals surface area contributed by atoms with Crippen molar-refractivity contribution in [1.82, 2.24) is 9.88 Å². The molecule has 0 fully saturated rings. The predicted molar refractivity (Wildman–Crippen MR) is 76.1 cm³/mol. The average Bonchev–Trinajstić information content (AvgIpc) is 2.81. The number of fused-ring (bicyclic) bond motifs is 1. The molecule has 1 aromatic carbocycles. The lowest BCUT2D eigenvalue weighted by molar-refractivity contribution is 0.0755. The number of hydrogen-bond acceptors (Lipinski definition) is 3. The van der Waals surface area contributed by atoms with Crippen molar-refractivity contribution in [2.24, 2.45) is 0 Å². The minimum Gasteiger partial charge on any atom is -0.337 e. The van der Waals surface area contributed by atoms with Crippen LogP contribution in [0.4, 0.5) is 0 Å². The van der Waals surface area contributed by atoms with E-state index in [-0.39, 0.29) is 5.91 Å². The fourth-order valence-electron chi connectivity index (χ4n) is 1.95. The van der Waals surface area contributed by atoms with Gasteiger partial charge in [0.05, 0.1) is 10.2 Å². The molecule has 1 heterocycles. The largest absolute Gasteiger partial charge is 0.337 e. The number of rotatable bonds is 5. The lowest BCUT2D eigenvalue weighted by Gasteiger charge is -2.19. The molecule has 0 spiro atoms. The molecule has 3 nitrogen and oxygen atoms in total. The van der Waals surface area contributed by atoms with Crippen molar-refractivity contribution in [2.45, 2.75) is 26.7 Å². The Morgan fingerprint density at radius 2 is 1.89 bits per heavy atom. The van der Waals surface area contributed by atoms with Gasteiger partial charge in [0.25, 0.3) is 5.91 Å². The van der Waals surface area contributed by atoms with Crippen LogP contribution < -0.4 is 0 Å². The molecule has 18 heavy (non-hydrogen) atoms. The second-order valence-electron chi connectivity index (χ2n) is 4.28. The average molecular weight is 262 g/mol. The van der Waals surface area contributed by atoms with E-state index in [9.17, 15) is 4.79 Å². The van der Waals surface area contributed by atoms with Crippen LogP contribution in [0.25, 0.3) is 10.2 Å². The molecule has 0 aliphatic heterocycles. The third-order valence-electron chi connectivity index (χ3n) is 2.75. The topological polar surface area (TPSA) is 33.2 Å². The molecular formula is C14H18N2OS. The molecule has 2 aromatic rings. The number of carbonyl (C=O) groups excluding carboxylic acids is 1. The van der Waals surface area contributed by atoms with E-state index in [0.717, 1.165) is 36.1 Å². The summed E-state index contributed by atoms with van der Waals surface area (Å²) < 4.78 is 1.08. The first-order chi connectivity index (χ1) is 8.76. The maximum absolute atomic E-state index is 12.4. The highest BCUT2D eigenvalue weighted by molar-refractivity contribution is 7.20. The first-order valence-corrected chi connectivity index (χ1v) is 7.22. The smallest absolute Gasteiger partial charge is 0.282 e. The van der Waals surface area contributed by atoms with Crippen LogP contribution in [0.1, 0.15) is 36.5 Å². The third kappa shape index (κ3) is 2.70. The lowest BCUT2D eigenvalue weighted by Crippen LogP contribution is -2.32. The molecule has 0 bridgehead atoms. The van der Waals surface area contributed by atoms with E-state index in [1.54, 1.807) is 0 Å². The molecule has 1 amide bonds. The van der Waals surface area contributed by atoms with E-state index in [4.69, 9.17) is 0 Å². The first kappa shape index (κ1) is 13.0. The zero-order chi connectivity index (χ0) is 13.0. The standard InChI is InChI=1S/C14H18N2OS/c1-3-9-16(10-4-2)14(17)13-15-11-7-5-6-8-12(11)18-13/h5-8H,3-4,9-10H2,1-2H3. The second-order valence-corrected chi connectivity index (χ2v) is 5.31. The van der Waals surface area contributed by atoms with Gasteiger partial charge < -0.3 is 4.90 Å². The highest BCUT2D eigenvalue weighted by Crippen LogP contribution is 2.22. The van der Waals surface area contributed by atoms with Gasteiger partial charge in [0.2, 0.25) is 0 Å². The van der Waals surface area contributed by atoms with E-state index in [1.165, 1.54) is 11.3 Å². The van der Waals surface area contributed by atoms with Gasteiger partial charge in [-0.25, -0.2) is 4.98 Å². The predicted octanol–water partition coefficient (Wildman–Crippen LogP) is 3.56. The maximum Gasteiger partial charge on any atom is 0.282 e. The van der Waals surface area contributed by atoms with Crippen LogP contribution in [0.2, 0.25) is 0 Å². The van der Waals surface area contributed by atoms with Crippen LogP contribution in [0.3, 0.4) is 0 Å². The van der Waals surface area contributed by atoms with Crippen molar-refractivity contribution in [1.29, 1.82) is 0 Å². The molecule has 2 rings (SSSR count). The van der Waals surface area contributed by atoms with Gasteiger partial charge in [-0.2, -0.15) is 0 Å². The summed E-state index contributed by atoms with van der Waals surface area (Å²) in [7, 11) is 0. The Balaban J connectivity index is 2.25. The summed E-state index contributed by atoms with van der Waals surface area (Å²) in [5.41, 5.74) is 0.916. The summed E-state index contributed by atoms with van der Waals surface area (Å²) in [4.78, 5) is 18.7. The minimum absolute atomic E-state index is 0.0694. The third-order valence-corrected chi connectivity index (χ3v) is 3.78. The van der Waals surface area contributed by atoms with Gasteiger partial charge in [0.1, 0.15) is 0 Å². The van der Waals surface area contributed by atoms with E-state index in [1.807, 2.05) is 29.2 Å². The highest BCUT2D eigenvalue weighted by Gasteiger charge is 2.18. The van der Waals surface area contributed by atoms with Gasteiger partial charge in [0.15, 0.2) is 5.01 Å². The first-order valence-electron chi connectivity index (χ1n) is 6.41. The fourth-order valence-corrected chi connectivity index (χ4v) is 2.89. The Hall–Kier alpha value is -1.42. The number of carbonyl (C=O) groups is 1. The number of para-hydroxylation sites is 1. The van der Waals surface area contributed by atoms with Gasteiger partial charge in [-0.15, -0.1) is 11.3 Å². The molecule has 0 unspecified atom stereocenters. The molecular weight excluding hydrogens is 244 g/mol. The van der Waals surface area contributed by atoms with E-state index in [2.05, 4.69) is 18.8 Å². The van der Waals surface area contributed by atoms with E-state index < -0.39 is 0 Å². The Morgan fingerprint density at radius 3 is 2.50 bits per heavy atom. The van der Waals surface area contributed by atoms with Gasteiger partial charge in [-0.3, -0.25) is 4.79 Å². The van der Waals surface area contributed by atoms with Gasteiger partial charge in [0, 0.05) is 13.1 Å². The lowest BCUT2D eigenvalue weighted by atomic mass is 10.3. The number of nitrogens with zero attached hydrogens (tertiary/aromatic N) is 2. The quantitative estimate of drug-likeness (QED) is 0.825. The van der Waals surface area contributed by atoms with Crippen LogP contribution >= 0.6 is 11.3 Å². The van der Waals surface area contributed by atoms with Crippen molar-refractivity contribution in [3.8, 4) is 0 Å². The summed E-state index contributed by atoms with van der Waals surface area (Å²) in [5.74, 6) is 0.0694. The summed E-state index contributed by atoms with van der Waals surface area (Å²) in [6, 6.07) is 7.89. The number of hydrogen-bond donors (Lipinski definition) is 0. The maximum atomic E-state index is 12.4. The Morgan fingerprint density at radius 1 is 1.22 bits per heavy atom. The molecule has 0 saturated heterocycles. The van der Waals surface area contributed by atoms with Crippen molar-refractivity contribution in [2.75, 3.05) is 13.1 Å². The number of amides is 1. The van der Waals surface area contributed by atoms with Crippen LogP contribution in [0.5, 0.6) is 0 Å². The molecule has 0 aliphatic rings. The monoisotopic (exact) mass is 262 g/mol. The van der Waals surface area contributed by atoms with Gasteiger partial charge in [-0.1, -0.05) is 26.0 Å². The second kappa shape index (κ2) is 5.96. The molecule has 4 heteroatoms. The Bertz CT molecular complexity index is 496. The number of thiazole rings is 1. The summed E-state index contributed by atoms with van der Waals surface area (Å²) in [5, 5.41) is 0.609. The number of aromatic nitrogens is 1. The van der Waals surface area contributed by atoms with Crippen LogP contribution in [-0.4, -0.2) is 28.9 Å². The van der Waals surface area contributed by atoms with Crippen molar-refractivity contribution >= 4 is 27.5 Å². The Kier molecular flexibility index (Phi) is 4.31. The van der Waals surface area contributed by atoms with Crippen LogP contribution in [0, 0.1) is 0 Å². The van der Waals surface area contributed by atoms with Crippen molar-refractivity contribution < 1.29 is 4.79 Å². The summed E-state index contributed by atoms with van der Waals surface area (Å²) in [6.07, 6.45) is 1.97. The van der Waals surface area contributed by atoms with Crippen molar-refractivity contribution in [3.63, 3.8) is 0 Å². The summed E-state index contributed by atoms with van der Waals surface area (Å²) in [6.45, 7) is 5.80. The molecule has 0 atom stereocenters. The van der Waals surface area contributed by atoms with Crippen LogP contribution in [-0.2, 0) is 0 Å². The molecule has 0 aliphatic carbocycles. The molecule has 0 saturated carbocycles. The normalized spacial score (nSPS) is 10.8. The fraction of sp³-hybridized carbons (Fsp3) is 0.429. The van der Waals surface area contributed by atoms with E-state index in [0.29, 0.717) is 5.01 Å². The van der Waals surface area contributed by atoms with Gasteiger partial charge >= 0.3 is 0 Å².